The van der Waals surface area contributed by atoms with Crippen LogP contribution in [0.1, 0.15) is 18.4 Å². The second kappa shape index (κ2) is 8.45. The lowest BCUT2D eigenvalue weighted by Crippen LogP contribution is -2.49. The summed E-state index contributed by atoms with van der Waals surface area (Å²) < 4.78 is 5.32. The third-order valence-corrected chi connectivity index (χ3v) is 4.85. The molecule has 1 aromatic carbocycles. The van der Waals surface area contributed by atoms with Crippen LogP contribution in [-0.2, 0) is 14.3 Å². The lowest BCUT2D eigenvalue weighted by molar-refractivity contribution is -0.141. The average molecular weight is 345 g/mol. The molecule has 2 heterocycles. The fraction of sp³-hybridized carbons (Fsp3) is 0.579. The highest BCUT2D eigenvalue weighted by atomic mass is 16.5. The van der Waals surface area contributed by atoms with E-state index in [0.29, 0.717) is 39.4 Å². The van der Waals surface area contributed by atoms with Crippen molar-refractivity contribution < 1.29 is 14.3 Å². The number of benzene rings is 1. The van der Waals surface area contributed by atoms with Crippen LogP contribution in [0.5, 0.6) is 0 Å². The number of carbonyl (C=O) groups excluding carboxylic acids is 2. The summed E-state index contributed by atoms with van der Waals surface area (Å²) in [6, 6.07) is 7.79. The molecule has 0 aromatic heterocycles. The van der Waals surface area contributed by atoms with Crippen LogP contribution in [0.2, 0.25) is 0 Å². The van der Waals surface area contributed by atoms with Crippen molar-refractivity contribution in [2.24, 2.45) is 5.92 Å². The van der Waals surface area contributed by atoms with Gasteiger partial charge in [-0.25, -0.2) is 0 Å². The standard InChI is InChI=1S/C19H27N3O3/c1-15-4-2-6-17(12-15)20-18(23)14-21-7-3-5-16(13-21)19(24)22-8-10-25-11-9-22/h2,4,6,12,16H,3,5,7-11,13-14H2,1H3,(H,20,23)/t16-/m1/s1. The van der Waals surface area contributed by atoms with Crippen molar-refractivity contribution in [2.45, 2.75) is 19.8 Å². The van der Waals surface area contributed by atoms with Crippen LogP contribution in [-0.4, -0.2) is 67.6 Å². The molecular formula is C19H27N3O3. The molecule has 3 rings (SSSR count). The monoisotopic (exact) mass is 345 g/mol. The molecule has 2 amide bonds. The van der Waals surface area contributed by atoms with E-state index in [9.17, 15) is 9.59 Å². The van der Waals surface area contributed by atoms with Gasteiger partial charge in [-0.1, -0.05) is 12.1 Å². The Morgan fingerprint density at radius 2 is 2.04 bits per heavy atom. The zero-order chi connectivity index (χ0) is 17.6. The molecule has 2 fully saturated rings. The molecule has 136 valence electrons. The molecule has 1 atom stereocenters. The van der Waals surface area contributed by atoms with Crippen LogP contribution in [0.15, 0.2) is 24.3 Å². The van der Waals surface area contributed by atoms with E-state index >= 15 is 0 Å². The maximum absolute atomic E-state index is 12.7. The number of hydrogen-bond donors (Lipinski definition) is 1. The molecule has 2 saturated heterocycles. The predicted octanol–water partition coefficient (Wildman–Crippen LogP) is 1.50. The highest BCUT2D eigenvalue weighted by Crippen LogP contribution is 2.19. The van der Waals surface area contributed by atoms with E-state index < -0.39 is 0 Å². The van der Waals surface area contributed by atoms with Crippen LogP contribution in [0, 0.1) is 12.8 Å². The van der Waals surface area contributed by atoms with Gasteiger partial charge in [0, 0.05) is 25.3 Å². The Balaban J connectivity index is 1.50. The number of piperidine rings is 1. The Morgan fingerprint density at radius 1 is 1.24 bits per heavy atom. The summed E-state index contributed by atoms with van der Waals surface area (Å²) in [5, 5.41) is 2.94. The van der Waals surface area contributed by atoms with Crippen molar-refractivity contribution in [3.05, 3.63) is 29.8 Å². The Hall–Kier alpha value is -1.92. The van der Waals surface area contributed by atoms with Gasteiger partial charge >= 0.3 is 0 Å². The highest BCUT2D eigenvalue weighted by Gasteiger charge is 2.30. The van der Waals surface area contributed by atoms with E-state index in [1.165, 1.54) is 0 Å². The molecule has 0 bridgehead atoms. The Bertz CT molecular complexity index is 614. The van der Waals surface area contributed by atoms with Crippen molar-refractivity contribution in [3.63, 3.8) is 0 Å². The van der Waals surface area contributed by atoms with Crippen molar-refractivity contribution in [1.82, 2.24) is 9.80 Å². The number of nitrogens with zero attached hydrogens (tertiary/aromatic N) is 2. The molecule has 0 aliphatic carbocycles. The smallest absolute Gasteiger partial charge is 0.238 e. The summed E-state index contributed by atoms with van der Waals surface area (Å²) in [4.78, 5) is 29.0. The molecule has 25 heavy (non-hydrogen) atoms. The van der Waals surface area contributed by atoms with E-state index in [2.05, 4.69) is 10.2 Å². The number of morpholine rings is 1. The van der Waals surface area contributed by atoms with Crippen LogP contribution < -0.4 is 5.32 Å². The third kappa shape index (κ3) is 5.03. The van der Waals surface area contributed by atoms with E-state index in [1.807, 2.05) is 36.1 Å². The molecule has 0 radical (unpaired) electrons. The van der Waals surface area contributed by atoms with Gasteiger partial charge in [-0.3, -0.25) is 14.5 Å². The highest BCUT2D eigenvalue weighted by molar-refractivity contribution is 5.92. The summed E-state index contributed by atoms with van der Waals surface area (Å²) in [7, 11) is 0. The Labute approximate surface area is 149 Å². The lowest BCUT2D eigenvalue weighted by atomic mass is 9.96. The first-order valence-corrected chi connectivity index (χ1v) is 9.07. The zero-order valence-corrected chi connectivity index (χ0v) is 14.9. The molecule has 2 aliphatic rings. The molecule has 1 N–H and O–H groups in total. The number of carbonyl (C=O) groups is 2. The van der Waals surface area contributed by atoms with Crippen LogP contribution in [0.3, 0.4) is 0 Å². The zero-order valence-electron chi connectivity index (χ0n) is 14.9. The minimum atomic E-state index is -0.0231. The molecule has 0 saturated carbocycles. The summed E-state index contributed by atoms with van der Waals surface area (Å²) in [5.41, 5.74) is 1.94. The normalized spacial score (nSPS) is 21.8. The van der Waals surface area contributed by atoms with Gasteiger partial charge in [0.15, 0.2) is 0 Å². The van der Waals surface area contributed by atoms with E-state index in [0.717, 1.165) is 30.6 Å². The first kappa shape index (κ1) is 17.9. The van der Waals surface area contributed by atoms with Gasteiger partial charge in [0.05, 0.1) is 25.7 Å². The molecular weight excluding hydrogens is 318 g/mol. The summed E-state index contributed by atoms with van der Waals surface area (Å²) >= 11 is 0. The first-order valence-electron chi connectivity index (χ1n) is 9.07. The number of likely N-dealkylation sites (tertiary alicyclic amines) is 1. The second-order valence-electron chi connectivity index (χ2n) is 6.93. The number of rotatable bonds is 4. The van der Waals surface area contributed by atoms with Gasteiger partial charge in [-0.2, -0.15) is 0 Å². The summed E-state index contributed by atoms with van der Waals surface area (Å²) in [6.07, 6.45) is 1.87. The third-order valence-electron chi connectivity index (χ3n) is 4.85. The fourth-order valence-electron chi connectivity index (χ4n) is 3.57. The number of amides is 2. The minimum Gasteiger partial charge on any atom is -0.378 e. The number of nitrogens with one attached hydrogen (secondary N) is 1. The van der Waals surface area contributed by atoms with Gasteiger partial charge in [0.25, 0.3) is 0 Å². The number of aryl methyl sites for hydroxylation is 1. The SMILES string of the molecule is Cc1cccc(NC(=O)CN2CCC[C@@H](C(=O)N3CCOCC3)C2)c1. The van der Waals surface area contributed by atoms with Gasteiger partial charge in [0.2, 0.25) is 11.8 Å². The first-order chi connectivity index (χ1) is 12.1. The van der Waals surface area contributed by atoms with Crippen molar-refractivity contribution >= 4 is 17.5 Å². The topological polar surface area (TPSA) is 61.9 Å². The Morgan fingerprint density at radius 3 is 2.80 bits per heavy atom. The van der Waals surface area contributed by atoms with Crippen molar-refractivity contribution in [2.75, 3.05) is 51.3 Å². The molecule has 0 unspecified atom stereocenters. The van der Waals surface area contributed by atoms with Gasteiger partial charge in [-0.05, 0) is 44.0 Å². The maximum Gasteiger partial charge on any atom is 0.238 e. The van der Waals surface area contributed by atoms with Gasteiger partial charge in [0.1, 0.15) is 0 Å². The van der Waals surface area contributed by atoms with Crippen LogP contribution in [0.4, 0.5) is 5.69 Å². The lowest BCUT2D eigenvalue weighted by Gasteiger charge is -2.35. The molecule has 6 heteroatoms. The van der Waals surface area contributed by atoms with E-state index in [1.54, 1.807) is 0 Å². The number of hydrogen-bond acceptors (Lipinski definition) is 4. The molecule has 0 spiro atoms. The summed E-state index contributed by atoms with van der Waals surface area (Å²) in [5.74, 6) is 0.191. The molecule has 2 aliphatic heterocycles. The average Bonchev–Trinajstić information content (AvgIpc) is 2.62. The van der Waals surface area contributed by atoms with Crippen LogP contribution in [0.25, 0.3) is 0 Å². The molecule has 1 aromatic rings. The van der Waals surface area contributed by atoms with E-state index in [-0.39, 0.29) is 17.7 Å². The van der Waals surface area contributed by atoms with Gasteiger partial charge < -0.3 is 15.0 Å². The Kier molecular flexibility index (Phi) is 6.04. The van der Waals surface area contributed by atoms with Gasteiger partial charge in [-0.15, -0.1) is 0 Å². The van der Waals surface area contributed by atoms with Crippen LogP contribution >= 0.6 is 0 Å². The number of ether oxygens (including phenoxy) is 1. The predicted molar refractivity (Wildman–Crippen MR) is 96.4 cm³/mol. The number of anilines is 1. The maximum atomic E-state index is 12.7. The quantitative estimate of drug-likeness (QED) is 0.898. The fourth-order valence-corrected chi connectivity index (χ4v) is 3.57. The summed E-state index contributed by atoms with van der Waals surface area (Å²) in [6.45, 7) is 6.49. The largest absolute Gasteiger partial charge is 0.378 e. The molecule has 6 nitrogen and oxygen atoms in total. The van der Waals surface area contributed by atoms with E-state index in [4.69, 9.17) is 4.74 Å². The van der Waals surface area contributed by atoms with Crippen molar-refractivity contribution in [1.29, 1.82) is 0 Å². The van der Waals surface area contributed by atoms with Crippen molar-refractivity contribution in [3.8, 4) is 0 Å². The minimum absolute atomic E-state index is 0.00128. The second-order valence-corrected chi connectivity index (χ2v) is 6.93.